The first-order valence-electron chi connectivity index (χ1n) is 9.24. The van der Waals surface area contributed by atoms with Gasteiger partial charge in [-0.3, -0.25) is 9.59 Å². The highest BCUT2D eigenvalue weighted by Gasteiger charge is 2.52. The van der Waals surface area contributed by atoms with Crippen molar-refractivity contribution in [2.45, 2.75) is 11.3 Å². The van der Waals surface area contributed by atoms with E-state index in [0.29, 0.717) is 6.42 Å². The molecule has 1 heterocycles. The van der Waals surface area contributed by atoms with Crippen LogP contribution in [0.5, 0.6) is 0 Å². The summed E-state index contributed by atoms with van der Waals surface area (Å²) >= 11 is 0. The molecule has 150 valence electrons. The van der Waals surface area contributed by atoms with E-state index in [-0.39, 0.29) is 48.8 Å². The molecule has 1 saturated carbocycles. The summed E-state index contributed by atoms with van der Waals surface area (Å²) in [6.07, 6.45) is 4.51. The van der Waals surface area contributed by atoms with Gasteiger partial charge in [-0.05, 0) is 42.5 Å². The highest BCUT2D eigenvalue weighted by molar-refractivity contribution is 7.89. The second kappa shape index (κ2) is 6.97. The van der Waals surface area contributed by atoms with Gasteiger partial charge in [-0.25, -0.2) is 12.8 Å². The molecule has 2 fully saturated rings. The summed E-state index contributed by atoms with van der Waals surface area (Å²) in [5.41, 5.74) is 0. The van der Waals surface area contributed by atoms with Gasteiger partial charge < -0.3 is 10.0 Å². The lowest BCUT2D eigenvalue weighted by molar-refractivity contribution is -0.151. The fourth-order valence-electron chi connectivity index (χ4n) is 4.61. The second-order valence-electron chi connectivity index (χ2n) is 7.52. The maximum atomic E-state index is 13.1. The summed E-state index contributed by atoms with van der Waals surface area (Å²) in [5, 5.41) is 9.53. The summed E-state index contributed by atoms with van der Waals surface area (Å²) in [5.74, 6) is -3.11. The maximum Gasteiger partial charge on any atom is 0.307 e. The molecular formula is C19H21FN2O5S. The van der Waals surface area contributed by atoms with Crippen molar-refractivity contribution in [1.82, 2.24) is 9.21 Å². The molecule has 0 spiro atoms. The fourth-order valence-corrected chi connectivity index (χ4v) is 6.03. The number of sulfonamides is 1. The quantitative estimate of drug-likeness (QED) is 0.755. The van der Waals surface area contributed by atoms with Gasteiger partial charge in [0.1, 0.15) is 5.82 Å². The van der Waals surface area contributed by atoms with Crippen molar-refractivity contribution in [2.24, 2.45) is 23.7 Å². The SMILES string of the molecule is O=C(O)[C@@H]1[C@@H](C(=O)N2CCN(S(=O)(=O)c3ccc(F)cc3)CC2)[C@H]2C=C[C@@H]1C2. The Morgan fingerprint density at radius 3 is 2.11 bits per heavy atom. The van der Waals surface area contributed by atoms with Crippen molar-refractivity contribution in [1.29, 1.82) is 0 Å². The number of allylic oxidation sites excluding steroid dienone is 2. The molecule has 2 bridgehead atoms. The lowest BCUT2D eigenvalue weighted by Crippen LogP contribution is -2.53. The Labute approximate surface area is 162 Å². The minimum atomic E-state index is -3.76. The zero-order valence-electron chi connectivity index (χ0n) is 15.1. The minimum absolute atomic E-state index is 0.0119. The van der Waals surface area contributed by atoms with E-state index in [9.17, 15) is 27.5 Å². The van der Waals surface area contributed by atoms with Crippen LogP contribution in [0.2, 0.25) is 0 Å². The number of carboxylic acid groups (broad SMARTS) is 1. The van der Waals surface area contributed by atoms with Crippen LogP contribution in [0.3, 0.4) is 0 Å². The number of hydrogen-bond acceptors (Lipinski definition) is 4. The van der Waals surface area contributed by atoms with E-state index in [1.807, 2.05) is 12.2 Å². The number of piperazine rings is 1. The van der Waals surface area contributed by atoms with Gasteiger partial charge in [-0.2, -0.15) is 4.31 Å². The lowest BCUT2D eigenvalue weighted by atomic mass is 9.82. The van der Waals surface area contributed by atoms with Crippen LogP contribution in [-0.2, 0) is 19.6 Å². The topological polar surface area (TPSA) is 95.0 Å². The average Bonchev–Trinajstić information content (AvgIpc) is 3.29. The molecule has 1 aromatic carbocycles. The van der Waals surface area contributed by atoms with Crippen LogP contribution in [0.25, 0.3) is 0 Å². The van der Waals surface area contributed by atoms with E-state index >= 15 is 0 Å². The van der Waals surface area contributed by atoms with Gasteiger partial charge in [0, 0.05) is 26.2 Å². The first kappa shape index (κ1) is 19.1. The highest BCUT2D eigenvalue weighted by Crippen LogP contribution is 2.48. The zero-order chi connectivity index (χ0) is 20.1. The first-order valence-corrected chi connectivity index (χ1v) is 10.7. The van der Waals surface area contributed by atoms with Crippen LogP contribution in [-0.4, -0.2) is 60.8 Å². The summed E-state index contributed by atoms with van der Waals surface area (Å²) in [7, 11) is -3.76. The number of hydrogen-bond donors (Lipinski definition) is 1. The molecule has 1 aromatic rings. The van der Waals surface area contributed by atoms with Crippen LogP contribution < -0.4 is 0 Å². The van der Waals surface area contributed by atoms with Crippen LogP contribution in [0.15, 0.2) is 41.3 Å². The van der Waals surface area contributed by atoms with E-state index < -0.39 is 33.6 Å². The number of carbonyl (C=O) groups is 2. The molecule has 3 aliphatic rings. The molecule has 1 N–H and O–H groups in total. The van der Waals surface area contributed by atoms with Crippen molar-refractivity contribution in [3.05, 3.63) is 42.2 Å². The van der Waals surface area contributed by atoms with Gasteiger partial charge in [0.05, 0.1) is 16.7 Å². The van der Waals surface area contributed by atoms with Gasteiger partial charge in [-0.1, -0.05) is 12.2 Å². The molecule has 4 rings (SSSR count). The van der Waals surface area contributed by atoms with Gasteiger partial charge in [0.2, 0.25) is 15.9 Å². The van der Waals surface area contributed by atoms with E-state index in [0.717, 1.165) is 12.1 Å². The van der Waals surface area contributed by atoms with Crippen molar-refractivity contribution in [3.8, 4) is 0 Å². The predicted octanol–water partition coefficient (Wildman–Crippen LogP) is 1.18. The number of carboxylic acids is 1. The zero-order valence-corrected chi connectivity index (χ0v) is 15.9. The Bertz CT molecular complexity index is 922. The summed E-state index contributed by atoms with van der Waals surface area (Å²) in [4.78, 5) is 26.2. The van der Waals surface area contributed by atoms with Crippen molar-refractivity contribution < 1.29 is 27.5 Å². The van der Waals surface area contributed by atoms with Gasteiger partial charge in [0.15, 0.2) is 0 Å². The molecule has 7 nitrogen and oxygen atoms in total. The number of halogens is 1. The van der Waals surface area contributed by atoms with Gasteiger partial charge >= 0.3 is 5.97 Å². The van der Waals surface area contributed by atoms with E-state index in [1.54, 1.807) is 4.90 Å². The molecule has 1 amide bonds. The number of amides is 1. The Hall–Kier alpha value is -2.26. The lowest BCUT2D eigenvalue weighted by Gasteiger charge is -2.37. The minimum Gasteiger partial charge on any atom is -0.481 e. The smallest absolute Gasteiger partial charge is 0.307 e. The monoisotopic (exact) mass is 408 g/mol. The number of rotatable bonds is 4. The predicted molar refractivity (Wildman–Crippen MR) is 97.1 cm³/mol. The Kier molecular flexibility index (Phi) is 4.75. The van der Waals surface area contributed by atoms with Crippen LogP contribution in [0, 0.1) is 29.5 Å². The Morgan fingerprint density at radius 1 is 0.964 bits per heavy atom. The number of fused-ring (bicyclic) bond motifs is 2. The summed E-state index contributed by atoms with van der Waals surface area (Å²) < 4.78 is 39.7. The third-order valence-corrected chi connectivity index (χ3v) is 7.94. The Morgan fingerprint density at radius 2 is 1.54 bits per heavy atom. The molecule has 9 heteroatoms. The van der Waals surface area contributed by atoms with Crippen molar-refractivity contribution in [2.75, 3.05) is 26.2 Å². The molecule has 0 aromatic heterocycles. The third-order valence-electron chi connectivity index (χ3n) is 6.03. The standard InChI is InChI=1S/C19H21FN2O5S/c20-14-3-5-15(6-4-14)28(26,27)22-9-7-21(8-10-22)18(23)16-12-1-2-13(11-12)17(16)19(24)25/h1-6,12-13,16-17H,7-11H2,(H,24,25)/t12-,13+,16-,17-/m0/s1. The Balaban J connectivity index is 1.44. The van der Waals surface area contributed by atoms with E-state index in [2.05, 4.69) is 0 Å². The molecule has 0 unspecified atom stereocenters. The summed E-state index contributed by atoms with van der Waals surface area (Å²) in [6.45, 7) is 0.673. The highest BCUT2D eigenvalue weighted by atomic mass is 32.2. The largest absolute Gasteiger partial charge is 0.481 e. The normalized spacial score (nSPS) is 30.0. The van der Waals surface area contributed by atoms with Crippen LogP contribution >= 0.6 is 0 Å². The number of nitrogens with zero attached hydrogens (tertiary/aromatic N) is 2. The summed E-state index contributed by atoms with van der Waals surface area (Å²) in [6, 6.07) is 4.64. The number of carbonyl (C=O) groups excluding carboxylic acids is 1. The molecule has 1 aliphatic heterocycles. The average molecular weight is 408 g/mol. The number of benzene rings is 1. The van der Waals surface area contributed by atoms with E-state index in [1.165, 1.54) is 16.4 Å². The van der Waals surface area contributed by atoms with Crippen LogP contribution in [0.4, 0.5) is 4.39 Å². The van der Waals surface area contributed by atoms with Gasteiger partial charge in [0.25, 0.3) is 0 Å². The third kappa shape index (κ3) is 3.12. The molecule has 1 saturated heterocycles. The second-order valence-corrected chi connectivity index (χ2v) is 9.46. The molecule has 0 radical (unpaired) electrons. The van der Waals surface area contributed by atoms with Gasteiger partial charge in [-0.15, -0.1) is 0 Å². The van der Waals surface area contributed by atoms with Crippen molar-refractivity contribution >= 4 is 21.9 Å². The first-order chi connectivity index (χ1) is 13.3. The van der Waals surface area contributed by atoms with Crippen molar-refractivity contribution in [3.63, 3.8) is 0 Å². The van der Waals surface area contributed by atoms with Crippen LogP contribution in [0.1, 0.15) is 6.42 Å². The number of aliphatic carboxylic acids is 1. The molecular weight excluding hydrogens is 387 g/mol. The van der Waals surface area contributed by atoms with E-state index in [4.69, 9.17) is 0 Å². The molecule has 2 aliphatic carbocycles. The fraction of sp³-hybridized carbons (Fsp3) is 0.474. The maximum absolute atomic E-state index is 13.1. The molecule has 4 atom stereocenters. The molecule has 28 heavy (non-hydrogen) atoms.